The molecular weight excluding hydrogens is 280 g/mol. The quantitative estimate of drug-likeness (QED) is 0.837. The van der Waals surface area contributed by atoms with Crippen molar-refractivity contribution in [1.29, 1.82) is 0 Å². The molecule has 1 fully saturated rings. The highest BCUT2D eigenvalue weighted by Gasteiger charge is 2.20. The van der Waals surface area contributed by atoms with Gasteiger partial charge in [-0.05, 0) is 32.6 Å². The van der Waals surface area contributed by atoms with Crippen LogP contribution in [0.1, 0.15) is 58.3 Å². The van der Waals surface area contributed by atoms with Crippen molar-refractivity contribution in [3.63, 3.8) is 0 Å². The Labute approximate surface area is 132 Å². The molecule has 0 saturated heterocycles. The molecule has 2 atom stereocenters. The molecule has 1 saturated carbocycles. The maximum Gasteiger partial charge on any atom is 0.246 e. The number of rotatable bonds is 7. The van der Waals surface area contributed by atoms with E-state index < -0.39 is 0 Å². The van der Waals surface area contributed by atoms with Gasteiger partial charge >= 0.3 is 0 Å². The third-order valence-corrected chi connectivity index (χ3v) is 4.21. The molecule has 22 heavy (non-hydrogen) atoms. The first-order valence-electron chi connectivity index (χ1n) is 8.33. The van der Waals surface area contributed by atoms with Crippen LogP contribution in [0, 0.1) is 5.92 Å². The van der Waals surface area contributed by atoms with E-state index in [0.29, 0.717) is 24.9 Å². The normalized spacial score (nSPS) is 22.0. The smallest absolute Gasteiger partial charge is 0.246 e. The lowest BCUT2D eigenvalue weighted by Gasteiger charge is -2.26. The number of amides is 1. The topological polar surface area (TPSA) is 69.0 Å². The van der Waals surface area contributed by atoms with Crippen LogP contribution in [0.4, 0.5) is 0 Å². The van der Waals surface area contributed by atoms with E-state index >= 15 is 0 Å². The van der Waals surface area contributed by atoms with Gasteiger partial charge in [0.15, 0.2) is 0 Å². The maximum atomic E-state index is 11.8. The first kappa shape index (κ1) is 16.9. The summed E-state index contributed by atoms with van der Waals surface area (Å²) >= 11 is 0. The first-order chi connectivity index (χ1) is 10.6. The van der Waals surface area contributed by atoms with E-state index in [0.717, 1.165) is 18.7 Å². The lowest BCUT2D eigenvalue weighted by atomic mass is 9.89. The number of aromatic nitrogens is 3. The van der Waals surface area contributed by atoms with Gasteiger partial charge in [0, 0.05) is 19.0 Å². The van der Waals surface area contributed by atoms with Crippen molar-refractivity contribution < 1.29 is 9.53 Å². The minimum atomic E-state index is -0.0474. The van der Waals surface area contributed by atoms with Crippen LogP contribution < -0.4 is 5.32 Å². The van der Waals surface area contributed by atoms with Gasteiger partial charge in [-0.3, -0.25) is 4.79 Å². The molecule has 0 bridgehead atoms. The molecular formula is C16H28N4O2. The molecule has 1 heterocycles. The Bertz CT molecular complexity index is 472. The largest absolute Gasteiger partial charge is 0.368 e. The summed E-state index contributed by atoms with van der Waals surface area (Å²) in [5, 5.41) is 10.9. The molecule has 1 aromatic heterocycles. The Morgan fingerprint density at radius 3 is 3.05 bits per heavy atom. The van der Waals surface area contributed by atoms with Crippen molar-refractivity contribution >= 4 is 5.91 Å². The highest BCUT2D eigenvalue weighted by Crippen LogP contribution is 2.25. The Kier molecular flexibility index (Phi) is 6.36. The van der Waals surface area contributed by atoms with E-state index in [1.807, 2.05) is 4.57 Å². The molecule has 1 aromatic rings. The Morgan fingerprint density at radius 1 is 1.50 bits per heavy atom. The van der Waals surface area contributed by atoms with Crippen LogP contribution in [0.5, 0.6) is 0 Å². The lowest BCUT2D eigenvalue weighted by molar-refractivity contribution is -0.128. The predicted octanol–water partition coefficient (Wildman–Crippen LogP) is 2.11. The molecule has 1 aliphatic rings. The molecule has 0 spiro atoms. The van der Waals surface area contributed by atoms with Crippen LogP contribution in [0.25, 0.3) is 0 Å². The van der Waals surface area contributed by atoms with Crippen LogP contribution in [0.15, 0.2) is 6.33 Å². The number of hydrogen-bond donors (Lipinski definition) is 1. The van der Waals surface area contributed by atoms with Crippen LogP contribution in [0.3, 0.4) is 0 Å². The van der Waals surface area contributed by atoms with Crippen molar-refractivity contribution in [3.05, 3.63) is 12.2 Å². The van der Waals surface area contributed by atoms with Crippen molar-refractivity contribution in [3.8, 4) is 0 Å². The Hall–Kier alpha value is -1.43. The molecule has 2 rings (SSSR count). The van der Waals surface area contributed by atoms with Gasteiger partial charge in [0.05, 0.1) is 6.10 Å². The summed E-state index contributed by atoms with van der Waals surface area (Å²) in [6.07, 6.45) is 7.30. The van der Waals surface area contributed by atoms with Gasteiger partial charge in [-0.15, -0.1) is 10.2 Å². The third kappa shape index (κ3) is 5.09. The van der Waals surface area contributed by atoms with E-state index in [1.165, 1.54) is 12.8 Å². The van der Waals surface area contributed by atoms with Gasteiger partial charge in [0.1, 0.15) is 18.8 Å². The lowest BCUT2D eigenvalue weighted by Crippen LogP contribution is -2.33. The minimum absolute atomic E-state index is 0.0474. The fourth-order valence-corrected chi connectivity index (χ4v) is 2.96. The van der Waals surface area contributed by atoms with Gasteiger partial charge < -0.3 is 14.6 Å². The van der Waals surface area contributed by atoms with Gasteiger partial charge in [-0.25, -0.2) is 0 Å². The molecule has 6 nitrogen and oxygen atoms in total. The zero-order chi connectivity index (χ0) is 15.9. The van der Waals surface area contributed by atoms with Crippen molar-refractivity contribution in [1.82, 2.24) is 20.1 Å². The van der Waals surface area contributed by atoms with E-state index in [1.54, 1.807) is 6.33 Å². The number of ether oxygens (including phenoxy) is 1. The summed E-state index contributed by atoms with van der Waals surface area (Å²) < 4.78 is 7.74. The second-order valence-corrected chi connectivity index (χ2v) is 6.55. The number of carbonyl (C=O) groups is 1. The minimum Gasteiger partial charge on any atom is -0.368 e. The number of hydrogen-bond acceptors (Lipinski definition) is 4. The summed E-state index contributed by atoms with van der Waals surface area (Å²) in [4.78, 5) is 11.8. The van der Waals surface area contributed by atoms with Crippen molar-refractivity contribution in [2.75, 3.05) is 13.2 Å². The highest BCUT2D eigenvalue weighted by molar-refractivity contribution is 5.77. The van der Waals surface area contributed by atoms with Gasteiger partial charge in [-0.1, -0.05) is 19.8 Å². The average molecular weight is 308 g/mol. The van der Waals surface area contributed by atoms with E-state index in [9.17, 15) is 4.79 Å². The molecule has 0 aromatic carbocycles. The highest BCUT2D eigenvalue weighted by atomic mass is 16.5. The van der Waals surface area contributed by atoms with Crippen LogP contribution in [-0.2, 0) is 16.0 Å². The molecule has 6 heteroatoms. The SMILES string of the molecule is CC(C)n1cnnc1CCNC(=O)CO[C@@H]1CCC[C@@H](C)C1. The maximum absolute atomic E-state index is 11.8. The average Bonchev–Trinajstić information content (AvgIpc) is 2.94. The summed E-state index contributed by atoms with van der Waals surface area (Å²) in [6, 6.07) is 0.331. The van der Waals surface area contributed by atoms with Crippen molar-refractivity contribution in [2.45, 2.75) is 65.0 Å². The van der Waals surface area contributed by atoms with E-state index in [2.05, 4.69) is 36.3 Å². The number of nitrogens with zero attached hydrogens (tertiary/aromatic N) is 3. The van der Waals surface area contributed by atoms with E-state index in [-0.39, 0.29) is 18.6 Å². The fourth-order valence-electron chi connectivity index (χ4n) is 2.96. The summed E-state index contributed by atoms with van der Waals surface area (Å²) in [7, 11) is 0. The molecule has 0 radical (unpaired) electrons. The van der Waals surface area contributed by atoms with Gasteiger partial charge in [0.2, 0.25) is 5.91 Å². The standard InChI is InChI=1S/C16H28N4O2/c1-12(2)20-11-18-19-15(20)7-8-17-16(21)10-22-14-6-4-5-13(3)9-14/h11-14H,4-10H2,1-3H3,(H,17,21)/t13-,14-/m1/s1. The van der Waals surface area contributed by atoms with E-state index in [4.69, 9.17) is 4.74 Å². The fraction of sp³-hybridized carbons (Fsp3) is 0.812. The summed E-state index contributed by atoms with van der Waals surface area (Å²) in [5.41, 5.74) is 0. The van der Waals surface area contributed by atoms with Gasteiger partial charge in [-0.2, -0.15) is 0 Å². The van der Waals surface area contributed by atoms with Crippen LogP contribution >= 0.6 is 0 Å². The monoisotopic (exact) mass is 308 g/mol. The molecule has 1 N–H and O–H groups in total. The van der Waals surface area contributed by atoms with Crippen molar-refractivity contribution in [2.24, 2.45) is 5.92 Å². The van der Waals surface area contributed by atoms with Gasteiger partial charge in [0.25, 0.3) is 0 Å². The second kappa shape index (κ2) is 8.27. The molecule has 0 unspecified atom stereocenters. The molecule has 124 valence electrons. The summed E-state index contributed by atoms with van der Waals surface area (Å²) in [5.74, 6) is 1.57. The third-order valence-electron chi connectivity index (χ3n) is 4.21. The predicted molar refractivity (Wildman–Crippen MR) is 84.5 cm³/mol. The van der Waals surface area contributed by atoms with Crippen LogP contribution in [0.2, 0.25) is 0 Å². The number of carbonyl (C=O) groups excluding carboxylic acids is 1. The number of nitrogens with one attached hydrogen (secondary N) is 1. The Morgan fingerprint density at radius 2 is 2.32 bits per heavy atom. The molecule has 1 amide bonds. The van der Waals surface area contributed by atoms with Crippen LogP contribution in [-0.4, -0.2) is 39.9 Å². The second-order valence-electron chi connectivity index (χ2n) is 6.55. The molecule has 0 aliphatic heterocycles. The zero-order valence-electron chi connectivity index (χ0n) is 13.9. The summed E-state index contributed by atoms with van der Waals surface area (Å²) in [6.45, 7) is 7.15. The zero-order valence-corrected chi connectivity index (χ0v) is 13.9. The first-order valence-corrected chi connectivity index (χ1v) is 8.33. The molecule has 1 aliphatic carbocycles. The Balaban J connectivity index is 1.64.